The van der Waals surface area contributed by atoms with Crippen LogP contribution in [0.3, 0.4) is 0 Å². The Morgan fingerprint density at radius 1 is 1.03 bits per heavy atom. The molecule has 3 N–H and O–H groups in total. The fraction of sp³-hybridized carbons (Fsp3) is 0.125. The average molecular weight is 489 g/mol. The molecule has 0 fully saturated rings. The Morgan fingerprint density at radius 2 is 1.75 bits per heavy atom. The number of amides is 2. The number of hydrazone groups is 2. The Hall–Kier alpha value is -5.13. The van der Waals surface area contributed by atoms with E-state index >= 15 is 0 Å². The number of nitro benzene ring substituents is 1. The highest BCUT2D eigenvalue weighted by Crippen LogP contribution is 2.26. The van der Waals surface area contributed by atoms with Crippen LogP contribution in [0.25, 0.3) is 0 Å². The van der Waals surface area contributed by atoms with Crippen molar-refractivity contribution in [1.82, 2.24) is 10.4 Å². The van der Waals surface area contributed by atoms with E-state index in [-0.39, 0.29) is 22.8 Å². The van der Waals surface area contributed by atoms with Crippen LogP contribution in [0.5, 0.6) is 5.75 Å². The lowest BCUT2D eigenvalue weighted by Gasteiger charge is -2.12. The Kier molecular flexibility index (Phi) is 8.38. The third-order valence-electron chi connectivity index (χ3n) is 4.82. The molecule has 1 aromatic heterocycles. The maximum atomic E-state index is 13.2. The number of nitro groups is 1. The smallest absolute Gasteiger partial charge is 0.294 e. The molecular formula is C24H23N7O5. The van der Waals surface area contributed by atoms with Gasteiger partial charge in [0, 0.05) is 24.0 Å². The SMILES string of the molecule is COc1ccccc1NC(=O)C(=NNc1ccc(C)cc1[N+](=O)[O-])C(C)=NNC(=O)c1ccncc1. The average Bonchev–Trinajstić information content (AvgIpc) is 2.88. The van der Waals surface area contributed by atoms with Crippen molar-refractivity contribution in [3.63, 3.8) is 0 Å². The van der Waals surface area contributed by atoms with Crippen LogP contribution in [0.4, 0.5) is 17.1 Å². The molecule has 0 saturated carbocycles. The first kappa shape index (κ1) is 25.5. The molecule has 184 valence electrons. The summed E-state index contributed by atoms with van der Waals surface area (Å²) in [4.78, 5) is 40.3. The molecule has 12 nitrogen and oxygen atoms in total. The van der Waals surface area contributed by atoms with Crippen molar-refractivity contribution in [2.75, 3.05) is 17.9 Å². The van der Waals surface area contributed by atoms with Crippen molar-refractivity contribution in [3.05, 3.63) is 88.2 Å². The van der Waals surface area contributed by atoms with Crippen molar-refractivity contribution >= 4 is 40.3 Å². The van der Waals surface area contributed by atoms with Crippen LogP contribution in [0.2, 0.25) is 0 Å². The highest BCUT2D eigenvalue weighted by atomic mass is 16.6. The van der Waals surface area contributed by atoms with E-state index in [0.29, 0.717) is 22.6 Å². The van der Waals surface area contributed by atoms with Gasteiger partial charge in [0.05, 0.1) is 23.4 Å². The van der Waals surface area contributed by atoms with E-state index < -0.39 is 16.7 Å². The topological polar surface area (TPSA) is 160 Å². The van der Waals surface area contributed by atoms with Gasteiger partial charge in [-0.15, -0.1) is 0 Å². The lowest BCUT2D eigenvalue weighted by molar-refractivity contribution is -0.384. The quantitative estimate of drug-likeness (QED) is 0.235. The minimum atomic E-state index is -0.693. The molecule has 0 bridgehead atoms. The van der Waals surface area contributed by atoms with E-state index in [0.717, 1.165) is 0 Å². The molecule has 2 amide bonds. The van der Waals surface area contributed by atoms with Crippen molar-refractivity contribution in [1.29, 1.82) is 0 Å². The summed E-state index contributed by atoms with van der Waals surface area (Å²) >= 11 is 0. The molecule has 0 aliphatic heterocycles. The lowest BCUT2D eigenvalue weighted by Crippen LogP contribution is -2.32. The first-order valence-corrected chi connectivity index (χ1v) is 10.6. The first-order valence-electron chi connectivity index (χ1n) is 10.6. The number of pyridine rings is 1. The third-order valence-corrected chi connectivity index (χ3v) is 4.82. The Labute approximate surface area is 206 Å². The van der Waals surface area contributed by atoms with Gasteiger partial charge in [0.25, 0.3) is 17.5 Å². The summed E-state index contributed by atoms with van der Waals surface area (Å²) in [5.74, 6) is -0.808. The summed E-state index contributed by atoms with van der Waals surface area (Å²) in [5.41, 5.74) is 5.94. The standard InChI is InChI=1S/C24H23N7O5/c1-15-8-9-18(20(14-15)31(34)35)28-29-22(24(33)26-19-6-4-5-7-21(19)36-3)16(2)27-30-23(32)17-10-12-25-13-11-17/h4-14,28H,1-3H3,(H,26,33)(H,30,32). The van der Waals surface area contributed by atoms with Gasteiger partial charge in [-0.05, 0) is 49.7 Å². The van der Waals surface area contributed by atoms with Crippen molar-refractivity contribution < 1.29 is 19.2 Å². The summed E-state index contributed by atoms with van der Waals surface area (Å²) in [6.45, 7) is 3.17. The molecule has 3 aromatic rings. The van der Waals surface area contributed by atoms with Crippen molar-refractivity contribution in [2.45, 2.75) is 13.8 Å². The van der Waals surface area contributed by atoms with Gasteiger partial charge in [-0.25, -0.2) is 5.43 Å². The monoisotopic (exact) mass is 489 g/mol. The predicted octanol–water partition coefficient (Wildman–Crippen LogP) is 3.52. The molecule has 0 saturated heterocycles. The lowest BCUT2D eigenvalue weighted by atomic mass is 10.2. The van der Waals surface area contributed by atoms with E-state index in [4.69, 9.17) is 4.74 Å². The number of rotatable bonds is 9. The second-order valence-electron chi connectivity index (χ2n) is 7.38. The zero-order valence-corrected chi connectivity index (χ0v) is 19.7. The molecule has 2 aromatic carbocycles. The van der Waals surface area contributed by atoms with Crippen molar-refractivity contribution in [2.24, 2.45) is 10.2 Å². The number of ether oxygens (including phenoxy) is 1. The normalized spacial score (nSPS) is 11.4. The number of nitrogens with zero attached hydrogens (tertiary/aromatic N) is 4. The number of para-hydroxylation sites is 2. The van der Waals surface area contributed by atoms with Gasteiger partial charge in [-0.1, -0.05) is 18.2 Å². The van der Waals surface area contributed by atoms with E-state index in [9.17, 15) is 19.7 Å². The second-order valence-corrected chi connectivity index (χ2v) is 7.38. The van der Waals surface area contributed by atoms with E-state index in [1.807, 2.05) is 0 Å². The second kappa shape index (κ2) is 11.8. The fourth-order valence-electron chi connectivity index (χ4n) is 2.98. The number of hydrogen-bond donors (Lipinski definition) is 3. The third kappa shape index (κ3) is 6.47. The van der Waals surface area contributed by atoms with Crippen LogP contribution in [0, 0.1) is 17.0 Å². The molecule has 0 aliphatic rings. The molecule has 0 unspecified atom stereocenters. The van der Waals surface area contributed by atoms with Crippen LogP contribution in [-0.4, -0.2) is 40.3 Å². The van der Waals surface area contributed by atoms with Crippen LogP contribution in [0.1, 0.15) is 22.8 Å². The van der Waals surface area contributed by atoms with Crippen molar-refractivity contribution in [3.8, 4) is 5.75 Å². The highest BCUT2D eigenvalue weighted by Gasteiger charge is 2.20. The van der Waals surface area contributed by atoms with Crippen LogP contribution < -0.4 is 20.9 Å². The van der Waals surface area contributed by atoms with Gasteiger partial charge in [0.1, 0.15) is 11.4 Å². The van der Waals surface area contributed by atoms with Crippen LogP contribution in [0.15, 0.2) is 77.2 Å². The molecule has 0 atom stereocenters. The van der Waals surface area contributed by atoms with Gasteiger partial charge >= 0.3 is 0 Å². The molecule has 0 aliphatic carbocycles. The van der Waals surface area contributed by atoms with Gasteiger partial charge < -0.3 is 10.1 Å². The number of hydrogen-bond acceptors (Lipinski definition) is 9. The Morgan fingerprint density at radius 3 is 2.44 bits per heavy atom. The maximum absolute atomic E-state index is 13.2. The van der Waals surface area contributed by atoms with Gasteiger partial charge in [0.2, 0.25) is 0 Å². The molecular weight excluding hydrogens is 466 g/mol. The highest BCUT2D eigenvalue weighted by molar-refractivity contribution is 6.68. The number of carbonyl (C=O) groups excluding carboxylic acids is 2. The summed E-state index contributed by atoms with van der Waals surface area (Å²) in [5, 5.41) is 22.2. The molecule has 1 heterocycles. The van der Waals surface area contributed by atoms with Gasteiger partial charge in [0.15, 0.2) is 5.71 Å². The minimum absolute atomic E-state index is 0.0343. The molecule has 12 heteroatoms. The zero-order valence-electron chi connectivity index (χ0n) is 19.7. The molecule has 0 radical (unpaired) electrons. The van der Waals surface area contributed by atoms with E-state index in [1.165, 1.54) is 50.7 Å². The summed E-state index contributed by atoms with van der Waals surface area (Å²) in [6.07, 6.45) is 2.91. The summed E-state index contributed by atoms with van der Waals surface area (Å²) in [7, 11) is 1.46. The number of nitrogens with one attached hydrogen (secondary N) is 3. The Balaban J connectivity index is 1.93. The predicted molar refractivity (Wildman–Crippen MR) is 135 cm³/mol. The summed E-state index contributed by atoms with van der Waals surface area (Å²) < 4.78 is 5.26. The Bertz CT molecular complexity index is 1340. The van der Waals surface area contributed by atoms with Gasteiger partial charge in [-0.3, -0.25) is 30.1 Å². The molecule has 36 heavy (non-hydrogen) atoms. The number of benzene rings is 2. The van der Waals surface area contributed by atoms with Gasteiger partial charge in [-0.2, -0.15) is 10.2 Å². The fourth-order valence-corrected chi connectivity index (χ4v) is 2.98. The van der Waals surface area contributed by atoms with E-state index in [2.05, 4.69) is 31.4 Å². The largest absolute Gasteiger partial charge is 0.495 e. The summed E-state index contributed by atoms with van der Waals surface area (Å²) in [6, 6.07) is 14.3. The number of carbonyl (C=O) groups is 2. The zero-order chi connectivity index (χ0) is 26.1. The van der Waals surface area contributed by atoms with E-state index in [1.54, 1.807) is 37.3 Å². The number of methoxy groups -OCH3 is 1. The minimum Gasteiger partial charge on any atom is -0.495 e. The molecule has 0 spiro atoms. The number of aryl methyl sites for hydroxylation is 1. The van der Waals surface area contributed by atoms with Crippen LogP contribution in [-0.2, 0) is 4.79 Å². The molecule has 3 rings (SSSR count). The van der Waals surface area contributed by atoms with Crippen LogP contribution >= 0.6 is 0 Å². The number of aromatic nitrogens is 1. The maximum Gasteiger partial charge on any atom is 0.294 e. The number of anilines is 2. The first-order chi connectivity index (χ1) is 17.3.